The summed E-state index contributed by atoms with van der Waals surface area (Å²) in [5.74, 6) is 0.386. The molecule has 0 bridgehead atoms. The van der Waals surface area contributed by atoms with Crippen molar-refractivity contribution in [2.24, 2.45) is 0 Å². The van der Waals surface area contributed by atoms with E-state index in [1.165, 1.54) is 6.08 Å². The average molecular weight is 376 g/mol. The summed E-state index contributed by atoms with van der Waals surface area (Å²) in [6, 6.07) is 5.32. The molecular weight excluding hydrogens is 356 g/mol. The number of ether oxygens (including phenoxy) is 3. The van der Waals surface area contributed by atoms with Gasteiger partial charge in [-0.2, -0.15) is 0 Å². The van der Waals surface area contributed by atoms with Gasteiger partial charge in [-0.25, -0.2) is 9.78 Å². The Balaban J connectivity index is 2.06. The molecule has 0 aliphatic carbocycles. The van der Waals surface area contributed by atoms with E-state index in [1.807, 2.05) is 0 Å². The van der Waals surface area contributed by atoms with E-state index in [1.54, 1.807) is 52.3 Å². The smallest absolute Gasteiger partial charge is 0.350 e. The number of esters is 1. The van der Waals surface area contributed by atoms with E-state index in [-0.39, 0.29) is 12.5 Å². The summed E-state index contributed by atoms with van der Waals surface area (Å²) in [4.78, 5) is 28.4. The molecule has 8 heteroatoms. The number of hydrogen-bond acceptors (Lipinski definition) is 7. The quantitative estimate of drug-likeness (QED) is 0.589. The second-order valence-electron chi connectivity index (χ2n) is 5.09. The van der Waals surface area contributed by atoms with Crippen LogP contribution in [-0.2, 0) is 9.53 Å². The van der Waals surface area contributed by atoms with Gasteiger partial charge in [-0.05, 0) is 37.6 Å². The third kappa shape index (κ3) is 4.82. The molecule has 2 aromatic rings. The molecule has 0 radical (unpaired) electrons. The van der Waals surface area contributed by atoms with Gasteiger partial charge in [0.1, 0.15) is 4.88 Å². The van der Waals surface area contributed by atoms with Gasteiger partial charge in [-0.1, -0.05) is 17.4 Å². The molecule has 0 aliphatic rings. The van der Waals surface area contributed by atoms with Gasteiger partial charge in [-0.15, -0.1) is 0 Å². The van der Waals surface area contributed by atoms with E-state index in [9.17, 15) is 9.59 Å². The Hall–Kier alpha value is -2.87. The minimum absolute atomic E-state index is 0.284. The third-order valence-electron chi connectivity index (χ3n) is 3.32. The lowest BCUT2D eigenvalue weighted by Crippen LogP contribution is -2.07. The number of benzene rings is 1. The highest BCUT2D eigenvalue weighted by Crippen LogP contribution is 2.28. The molecule has 1 aromatic carbocycles. The summed E-state index contributed by atoms with van der Waals surface area (Å²) in [6.45, 7) is 3.71. The first-order chi connectivity index (χ1) is 12.5. The first-order valence-electron chi connectivity index (χ1n) is 7.84. The fourth-order valence-corrected chi connectivity index (χ4v) is 2.97. The van der Waals surface area contributed by atoms with Gasteiger partial charge in [0.2, 0.25) is 5.91 Å². The molecule has 1 heterocycles. The van der Waals surface area contributed by atoms with E-state index in [2.05, 4.69) is 10.3 Å². The number of amides is 1. The molecule has 1 N–H and O–H groups in total. The molecular formula is C18H20N2O5S. The van der Waals surface area contributed by atoms with Crippen molar-refractivity contribution in [2.75, 3.05) is 26.1 Å². The van der Waals surface area contributed by atoms with Gasteiger partial charge in [0, 0.05) is 6.08 Å². The van der Waals surface area contributed by atoms with Crippen molar-refractivity contribution >= 4 is 34.4 Å². The van der Waals surface area contributed by atoms with E-state index in [4.69, 9.17) is 14.2 Å². The minimum Gasteiger partial charge on any atom is -0.493 e. The number of rotatable bonds is 7. The highest BCUT2D eigenvalue weighted by atomic mass is 32.1. The largest absolute Gasteiger partial charge is 0.493 e. The Bertz CT molecular complexity index is 829. The number of thiazole rings is 1. The van der Waals surface area contributed by atoms with Gasteiger partial charge in [0.05, 0.1) is 26.5 Å². The summed E-state index contributed by atoms with van der Waals surface area (Å²) < 4.78 is 15.4. The van der Waals surface area contributed by atoms with Gasteiger partial charge in [0.25, 0.3) is 0 Å². The van der Waals surface area contributed by atoms with E-state index >= 15 is 0 Å². The molecule has 7 nitrogen and oxygen atoms in total. The fourth-order valence-electron chi connectivity index (χ4n) is 2.11. The molecule has 0 fully saturated rings. The van der Waals surface area contributed by atoms with Crippen LogP contribution in [0, 0.1) is 6.92 Å². The maximum absolute atomic E-state index is 12.1. The summed E-state index contributed by atoms with van der Waals surface area (Å²) in [7, 11) is 3.10. The number of aromatic nitrogens is 1. The van der Waals surface area contributed by atoms with Crippen LogP contribution >= 0.6 is 11.3 Å². The number of nitrogens with zero attached hydrogens (tertiary/aromatic N) is 1. The Morgan fingerprint density at radius 1 is 1.23 bits per heavy atom. The maximum Gasteiger partial charge on any atom is 0.350 e. The predicted octanol–water partition coefficient (Wildman–Crippen LogP) is 3.30. The zero-order valence-corrected chi connectivity index (χ0v) is 15.8. The molecule has 0 saturated carbocycles. The van der Waals surface area contributed by atoms with Crippen molar-refractivity contribution in [3.63, 3.8) is 0 Å². The monoisotopic (exact) mass is 376 g/mol. The molecule has 26 heavy (non-hydrogen) atoms. The second kappa shape index (κ2) is 9.00. The van der Waals surface area contributed by atoms with Gasteiger partial charge >= 0.3 is 5.97 Å². The number of nitrogens with one attached hydrogen (secondary N) is 1. The molecule has 0 spiro atoms. The van der Waals surface area contributed by atoms with Gasteiger partial charge < -0.3 is 14.2 Å². The van der Waals surface area contributed by atoms with Crippen molar-refractivity contribution in [1.82, 2.24) is 4.98 Å². The molecule has 2 rings (SSSR count). The normalized spacial score (nSPS) is 10.6. The minimum atomic E-state index is -0.441. The number of hydrogen-bond donors (Lipinski definition) is 1. The van der Waals surface area contributed by atoms with Crippen molar-refractivity contribution in [3.05, 3.63) is 40.4 Å². The molecule has 0 atom stereocenters. The zero-order chi connectivity index (χ0) is 19.1. The van der Waals surface area contributed by atoms with Gasteiger partial charge in [0.15, 0.2) is 16.6 Å². The van der Waals surface area contributed by atoms with Crippen LogP contribution in [0.2, 0.25) is 0 Å². The highest BCUT2D eigenvalue weighted by Gasteiger charge is 2.17. The van der Waals surface area contributed by atoms with Crippen molar-refractivity contribution in [2.45, 2.75) is 13.8 Å². The number of aryl methyl sites for hydroxylation is 1. The van der Waals surface area contributed by atoms with Crippen LogP contribution in [0.5, 0.6) is 11.5 Å². The van der Waals surface area contributed by atoms with Crippen LogP contribution < -0.4 is 14.8 Å². The zero-order valence-electron chi connectivity index (χ0n) is 15.0. The highest BCUT2D eigenvalue weighted by molar-refractivity contribution is 7.17. The lowest BCUT2D eigenvalue weighted by Gasteiger charge is -2.07. The van der Waals surface area contributed by atoms with E-state index in [0.717, 1.165) is 16.9 Å². The molecule has 0 saturated heterocycles. The van der Waals surface area contributed by atoms with E-state index in [0.29, 0.717) is 27.2 Å². The maximum atomic E-state index is 12.1. The van der Waals surface area contributed by atoms with Crippen molar-refractivity contribution in [3.8, 4) is 11.5 Å². The lowest BCUT2D eigenvalue weighted by atomic mass is 10.2. The van der Waals surface area contributed by atoms with Gasteiger partial charge in [-0.3, -0.25) is 10.1 Å². The Kier molecular flexibility index (Phi) is 6.74. The van der Waals surface area contributed by atoms with Crippen LogP contribution in [0.4, 0.5) is 5.13 Å². The second-order valence-corrected chi connectivity index (χ2v) is 6.09. The lowest BCUT2D eigenvalue weighted by molar-refractivity contribution is -0.111. The molecule has 0 unspecified atom stereocenters. The third-order valence-corrected chi connectivity index (χ3v) is 4.38. The molecule has 138 valence electrons. The van der Waals surface area contributed by atoms with Crippen LogP contribution in [0.3, 0.4) is 0 Å². The van der Waals surface area contributed by atoms with Crippen LogP contribution in [-0.4, -0.2) is 37.7 Å². The summed E-state index contributed by atoms with van der Waals surface area (Å²) >= 11 is 1.08. The first-order valence-corrected chi connectivity index (χ1v) is 8.65. The summed E-state index contributed by atoms with van der Waals surface area (Å²) in [6.07, 6.45) is 3.02. The predicted molar refractivity (Wildman–Crippen MR) is 100 cm³/mol. The summed E-state index contributed by atoms with van der Waals surface area (Å²) in [5, 5.41) is 2.98. The number of carbonyl (C=O) groups is 2. The van der Waals surface area contributed by atoms with E-state index < -0.39 is 5.97 Å². The van der Waals surface area contributed by atoms with Crippen LogP contribution in [0.1, 0.15) is 27.9 Å². The van der Waals surface area contributed by atoms with Crippen molar-refractivity contribution < 1.29 is 23.8 Å². The fraction of sp³-hybridized carbons (Fsp3) is 0.278. The standard InChI is InChI=1S/C18H20N2O5S/c1-5-25-17(22)16-11(2)19-18(26-16)20-15(21)9-7-12-6-8-13(23-3)14(10-12)24-4/h6-10H,5H2,1-4H3,(H,19,20,21)/b9-7-. The molecule has 1 aromatic heterocycles. The number of carbonyl (C=O) groups excluding carboxylic acids is 2. The Morgan fingerprint density at radius 3 is 2.62 bits per heavy atom. The van der Waals surface area contributed by atoms with Crippen molar-refractivity contribution in [1.29, 1.82) is 0 Å². The topological polar surface area (TPSA) is 86.8 Å². The average Bonchev–Trinajstić information content (AvgIpc) is 3.00. The first kappa shape index (κ1) is 19.5. The van der Waals surface area contributed by atoms with Crippen LogP contribution in [0.15, 0.2) is 24.3 Å². The molecule has 0 aliphatic heterocycles. The summed E-state index contributed by atoms with van der Waals surface area (Å²) in [5.41, 5.74) is 1.30. The molecule has 1 amide bonds. The SMILES string of the molecule is CCOC(=O)c1sc(NC(=O)/C=C\c2ccc(OC)c(OC)c2)nc1C. The van der Waals surface area contributed by atoms with Crippen LogP contribution in [0.25, 0.3) is 6.08 Å². The number of anilines is 1. The Morgan fingerprint density at radius 2 is 1.96 bits per heavy atom. The number of methoxy groups -OCH3 is 2. The Labute approximate surface area is 155 Å².